The first-order valence-electron chi connectivity index (χ1n) is 17.0. The number of aromatic nitrogens is 5. The van der Waals surface area contributed by atoms with Gasteiger partial charge in [-0.15, -0.1) is 47.3 Å². The molecule has 9 aromatic rings. The van der Waals surface area contributed by atoms with Crippen LogP contribution in [-0.4, -0.2) is 24.1 Å². The Hall–Kier alpha value is -6.50. The fourth-order valence-electron chi connectivity index (χ4n) is 7.12. The van der Waals surface area contributed by atoms with Crippen LogP contribution < -0.4 is 14.5 Å². The van der Waals surface area contributed by atoms with Gasteiger partial charge in [-0.25, -0.2) is 9.97 Å². The summed E-state index contributed by atoms with van der Waals surface area (Å²) in [7, 11) is 1.99. The second kappa shape index (κ2) is 13.2. The predicted octanol–water partition coefficient (Wildman–Crippen LogP) is 10.6. The molecule has 0 aliphatic carbocycles. The van der Waals surface area contributed by atoms with Gasteiger partial charge >= 0.3 is 21.1 Å². The maximum absolute atomic E-state index is 6.83. The van der Waals surface area contributed by atoms with Crippen LogP contribution in [-0.2, 0) is 28.1 Å². The monoisotopic (exact) mass is 866 g/mol. The summed E-state index contributed by atoms with van der Waals surface area (Å²) in [5.41, 5.74) is 7.08. The largest absolute Gasteiger partial charge is 2.00 e. The van der Waals surface area contributed by atoms with Crippen LogP contribution in [0.1, 0.15) is 0 Å². The number of hydrogen-bond acceptors (Lipinski definition) is 6. The number of fused-ring (bicyclic) bond motifs is 5. The van der Waals surface area contributed by atoms with E-state index in [0.717, 1.165) is 73.2 Å². The Morgan fingerprint density at radius 3 is 2.30 bits per heavy atom. The van der Waals surface area contributed by atoms with Crippen molar-refractivity contribution in [3.8, 4) is 28.7 Å². The molecule has 9 heteroatoms. The van der Waals surface area contributed by atoms with E-state index in [1.807, 2.05) is 103 Å². The van der Waals surface area contributed by atoms with Gasteiger partial charge in [0.05, 0.1) is 17.2 Å². The van der Waals surface area contributed by atoms with Crippen LogP contribution in [0, 0.1) is 12.1 Å². The van der Waals surface area contributed by atoms with Crippen LogP contribution in [0.2, 0.25) is 0 Å². The molecule has 4 aromatic heterocycles. The summed E-state index contributed by atoms with van der Waals surface area (Å²) in [6.45, 7) is 0. The zero-order valence-corrected chi connectivity index (χ0v) is 30.6. The smallest absolute Gasteiger partial charge is 0.449 e. The van der Waals surface area contributed by atoms with Crippen molar-refractivity contribution in [3.05, 3.63) is 170 Å². The Balaban J connectivity index is 0.00000372. The third-order valence-electron chi connectivity index (χ3n) is 9.42. The summed E-state index contributed by atoms with van der Waals surface area (Å²) in [6.07, 6.45) is 7.39. The van der Waals surface area contributed by atoms with Gasteiger partial charge < -0.3 is 18.8 Å². The second-order valence-corrected chi connectivity index (χ2v) is 12.5. The van der Waals surface area contributed by atoms with Crippen molar-refractivity contribution < 1.29 is 25.8 Å². The van der Waals surface area contributed by atoms with Crippen LogP contribution in [0.3, 0.4) is 0 Å². The van der Waals surface area contributed by atoms with E-state index in [1.54, 1.807) is 6.20 Å². The summed E-state index contributed by atoms with van der Waals surface area (Å²) in [5.74, 6) is 3.65. The van der Waals surface area contributed by atoms with Crippen molar-refractivity contribution in [2.24, 2.45) is 7.05 Å². The first-order chi connectivity index (χ1) is 25.7. The molecular formula is C44H29N7OPt. The Morgan fingerprint density at radius 2 is 1.45 bits per heavy atom. The Kier molecular flexibility index (Phi) is 8.09. The van der Waals surface area contributed by atoms with Gasteiger partial charge in [0.25, 0.3) is 0 Å². The minimum absolute atomic E-state index is 0. The molecule has 0 bridgehead atoms. The second-order valence-electron chi connectivity index (χ2n) is 12.5. The molecule has 0 unspecified atom stereocenters. The van der Waals surface area contributed by atoms with E-state index in [-0.39, 0.29) is 21.1 Å². The van der Waals surface area contributed by atoms with Crippen molar-refractivity contribution in [2.75, 3.05) is 9.80 Å². The fraction of sp³-hybridized carbons (Fsp3) is 0.0227. The molecule has 0 atom stereocenters. The van der Waals surface area contributed by atoms with Gasteiger partial charge in [0.2, 0.25) is 0 Å². The zero-order valence-electron chi connectivity index (χ0n) is 28.4. The number of anilines is 6. The van der Waals surface area contributed by atoms with Crippen LogP contribution >= 0.6 is 0 Å². The van der Waals surface area contributed by atoms with E-state index >= 15 is 0 Å². The van der Waals surface area contributed by atoms with E-state index in [0.29, 0.717) is 11.6 Å². The van der Waals surface area contributed by atoms with Gasteiger partial charge in [-0.2, -0.15) is 6.07 Å². The van der Waals surface area contributed by atoms with Crippen molar-refractivity contribution >= 4 is 56.1 Å². The molecule has 8 nitrogen and oxygen atoms in total. The summed E-state index contributed by atoms with van der Waals surface area (Å²) in [5, 5.41) is 2.20. The minimum atomic E-state index is 0. The number of rotatable bonds is 6. The topological polar surface area (TPSA) is 64.2 Å². The first kappa shape index (κ1) is 32.4. The van der Waals surface area contributed by atoms with Gasteiger partial charge in [-0.05, 0) is 59.6 Å². The molecule has 1 aliphatic heterocycles. The Labute approximate surface area is 320 Å². The van der Waals surface area contributed by atoms with Crippen molar-refractivity contribution in [2.45, 2.75) is 0 Å². The third kappa shape index (κ3) is 5.38. The quantitative estimate of drug-likeness (QED) is 0.155. The van der Waals surface area contributed by atoms with E-state index in [2.05, 4.69) is 92.1 Å². The van der Waals surface area contributed by atoms with Crippen LogP contribution in [0.15, 0.2) is 158 Å². The van der Waals surface area contributed by atoms with E-state index < -0.39 is 0 Å². The molecule has 0 N–H and O–H groups in total. The standard InChI is InChI=1S/C44H29N7O.Pt/c1-48-27-26-47-43(48)30-12-11-15-32(28-30)49(33-21-22-35-34-16-5-6-17-36(34)51(39(35)29-33)41-20-9-10-24-45-41)38-23-25-46-44-42(38)52-40-19-8-7-18-37(40)50(44)31-13-3-2-4-14-31;/h2-27H,1H3;/q-2;+2. The number of imidazole rings is 1. The van der Waals surface area contributed by atoms with Crippen LogP contribution in [0.4, 0.5) is 34.3 Å². The van der Waals surface area contributed by atoms with Crippen LogP contribution in [0.25, 0.3) is 39.0 Å². The number of benzene rings is 5. The molecule has 256 valence electrons. The van der Waals surface area contributed by atoms with Gasteiger partial charge in [0.15, 0.2) is 17.3 Å². The van der Waals surface area contributed by atoms with Crippen molar-refractivity contribution in [1.82, 2.24) is 24.1 Å². The van der Waals surface area contributed by atoms with Gasteiger partial charge in [-0.1, -0.05) is 65.8 Å². The molecule has 0 spiro atoms. The molecule has 53 heavy (non-hydrogen) atoms. The maximum atomic E-state index is 6.83. The number of aryl methyl sites for hydroxylation is 1. The fourth-order valence-corrected chi connectivity index (χ4v) is 7.12. The van der Waals surface area contributed by atoms with Crippen LogP contribution in [0.5, 0.6) is 11.5 Å². The molecule has 0 amide bonds. The molecular weight excluding hydrogens is 838 g/mol. The summed E-state index contributed by atoms with van der Waals surface area (Å²) in [4.78, 5) is 18.6. The molecule has 0 radical (unpaired) electrons. The maximum Gasteiger partial charge on any atom is 2.00 e. The average Bonchev–Trinajstić information content (AvgIpc) is 3.78. The molecule has 0 saturated carbocycles. The molecule has 5 heterocycles. The summed E-state index contributed by atoms with van der Waals surface area (Å²) >= 11 is 0. The molecule has 10 rings (SSSR count). The molecule has 5 aromatic carbocycles. The van der Waals surface area contributed by atoms with Gasteiger partial charge in [0, 0.05) is 43.0 Å². The van der Waals surface area contributed by atoms with Gasteiger partial charge in [-0.3, -0.25) is 9.88 Å². The van der Waals surface area contributed by atoms with E-state index in [1.165, 1.54) is 0 Å². The van der Waals surface area contributed by atoms with Crippen molar-refractivity contribution in [1.29, 1.82) is 0 Å². The SMILES string of the molecule is Cn1ccnc1-c1[c-]c(N(c2[c-]c3c(cc2)c2ccccc2n3-c2ccccn2)c2ccnc3c2Oc2ccccc2N3c2ccccc2)ccc1.[Pt+2]. The molecule has 0 saturated heterocycles. The van der Waals surface area contributed by atoms with Gasteiger partial charge in [0.1, 0.15) is 5.82 Å². The number of hydrogen-bond donors (Lipinski definition) is 0. The van der Waals surface area contributed by atoms with Crippen molar-refractivity contribution in [3.63, 3.8) is 0 Å². The summed E-state index contributed by atoms with van der Waals surface area (Å²) in [6, 6.07) is 52.6. The van der Waals surface area contributed by atoms with E-state index in [9.17, 15) is 0 Å². The third-order valence-corrected chi connectivity index (χ3v) is 9.42. The number of nitrogens with zero attached hydrogens (tertiary/aromatic N) is 7. The van der Waals surface area contributed by atoms with E-state index in [4.69, 9.17) is 14.7 Å². The Morgan fingerprint density at radius 1 is 0.642 bits per heavy atom. The predicted molar refractivity (Wildman–Crippen MR) is 206 cm³/mol. The number of pyridine rings is 2. The number of para-hydroxylation sites is 4. The molecule has 0 fully saturated rings. The zero-order chi connectivity index (χ0) is 34.6. The normalized spacial score (nSPS) is 11.8. The Bertz CT molecular complexity index is 2760. The minimum Gasteiger partial charge on any atom is -0.449 e. The number of ether oxygens (including phenoxy) is 1. The average molecular weight is 867 g/mol. The first-order valence-corrected chi connectivity index (χ1v) is 17.0. The molecule has 1 aliphatic rings. The summed E-state index contributed by atoms with van der Waals surface area (Å²) < 4.78 is 11.0.